The summed E-state index contributed by atoms with van der Waals surface area (Å²) >= 11 is 1.19. The number of nitrogens with two attached hydrogens (primary N) is 1. The normalized spacial score (nSPS) is 11.8. The van der Waals surface area contributed by atoms with Gasteiger partial charge in [-0.2, -0.15) is 0 Å². The molecule has 0 radical (unpaired) electrons. The maximum absolute atomic E-state index is 12.6. The highest BCUT2D eigenvalue weighted by molar-refractivity contribution is 8.00. The lowest BCUT2D eigenvalue weighted by atomic mass is 10.1. The fourth-order valence-electron chi connectivity index (χ4n) is 2.13. The lowest BCUT2D eigenvalue weighted by Gasteiger charge is -2.20. The van der Waals surface area contributed by atoms with Crippen LogP contribution >= 0.6 is 11.8 Å². The predicted octanol–water partition coefficient (Wildman–Crippen LogP) is 1.68. The maximum Gasteiger partial charge on any atom is 0.340 e. The quantitative estimate of drug-likeness (QED) is 0.454. The van der Waals surface area contributed by atoms with Gasteiger partial charge >= 0.3 is 12.0 Å². The topological polar surface area (TPSA) is 128 Å². The van der Waals surface area contributed by atoms with E-state index in [9.17, 15) is 19.2 Å². The van der Waals surface area contributed by atoms with Crippen LogP contribution in [0.3, 0.4) is 0 Å². The number of carbonyl (C=O) groups excluding carboxylic acids is 4. The molecule has 148 valence electrons. The van der Waals surface area contributed by atoms with Gasteiger partial charge in [0.25, 0.3) is 5.91 Å². The zero-order valence-electron chi connectivity index (χ0n) is 15.8. The van der Waals surface area contributed by atoms with Crippen molar-refractivity contribution in [3.8, 4) is 0 Å². The summed E-state index contributed by atoms with van der Waals surface area (Å²) in [4.78, 5) is 47.8. The molecule has 0 aromatic heterocycles. The highest BCUT2D eigenvalue weighted by Crippen LogP contribution is 2.24. The summed E-state index contributed by atoms with van der Waals surface area (Å²) in [5.74, 6) is -1.89. The number of hydrogen-bond acceptors (Lipinski definition) is 6. The first-order valence-corrected chi connectivity index (χ1v) is 9.42. The van der Waals surface area contributed by atoms with E-state index in [4.69, 9.17) is 10.5 Å². The van der Waals surface area contributed by atoms with Crippen LogP contribution in [0.2, 0.25) is 0 Å². The van der Waals surface area contributed by atoms with Gasteiger partial charge in [0.2, 0.25) is 5.91 Å². The molecular weight excluding hydrogens is 370 g/mol. The third-order valence-electron chi connectivity index (χ3n) is 3.26. The van der Waals surface area contributed by atoms with Crippen molar-refractivity contribution in [3.05, 3.63) is 29.8 Å². The summed E-state index contributed by atoms with van der Waals surface area (Å²) in [5.41, 5.74) is 5.18. The zero-order valence-corrected chi connectivity index (χ0v) is 16.6. The van der Waals surface area contributed by atoms with Gasteiger partial charge in [0, 0.05) is 10.9 Å². The number of esters is 1. The average molecular weight is 395 g/mol. The third kappa shape index (κ3) is 7.69. The summed E-state index contributed by atoms with van der Waals surface area (Å²) in [6.45, 7) is 7.07. The molecule has 1 aromatic carbocycles. The molecule has 1 atom stereocenters. The molecule has 1 aromatic rings. The SMILES string of the molecule is CC(C)NC(=O)CSc1ccccc1C(=O)O[C@@H](C(=O)NC(N)=O)C(C)C. The number of thioether (sulfide) groups is 1. The minimum Gasteiger partial charge on any atom is -0.448 e. The first kappa shape index (κ1) is 22.5. The van der Waals surface area contributed by atoms with Crippen LogP contribution in [0.4, 0.5) is 4.79 Å². The van der Waals surface area contributed by atoms with Crippen LogP contribution in [0.15, 0.2) is 29.2 Å². The van der Waals surface area contributed by atoms with Crippen molar-refractivity contribution >= 4 is 35.6 Å². The summed E-state index contributed by atoms with van der Waals surface area (Å²) in [5, 5.41) is 4.69. The minimum atomic E-state index is -1.17. The van der Waals surface area contributed by atoms with Crippen molar-refractivity contribution in [2.24, 2.45) is 11.7 Å². The molecule has 0 bridgehead atoms. The predicted molar refractivity (Wildman–Crippen MR) is 102 cm³/mol. The lowest BCUT2D eigenvalue weighted by Crippen LogP contribution is -2.45. The molecule has 0 aliphatic carbocycles. The number of carbonyl (C=O) groups is 4. The molecule has 9 heteroatoms. The number of imide groups is 1. The molecule has 0 unspecified atom stereocenters. The molecule has 4 N–H and O–H groups in total. The van der Waals surface area contributed by atoms with E-state index in [0.717, 1.165) is 0 Å². The fourth-order valence-corrected chi connectivity index (χ4v) is 2.98. The van der Waals surface area contributed by atoms with Gasteiger partial charge in [0.05, 0.1) is 11.3 Å². The van der Waals surface area contributed by atoms with E-state index in [-0.39, 0.29) is 29.2 Å². The molecule has 0 heterocycles. The van der Waals surface area contributed by atoms with E-state index in [0.29, 0.717) is 4.90 Å². The summed E-state index contributed by atoms with van der Waals surface area (Å²) in [6, 6.07) is 5.64. The Hall–Kier alpha value is -2.55. The molecule has 8 nitrogen and oxygen atoms in total. The fraction of sp³-hybridized carbons (Fsp3) is 0.444. The highest BCUT2D eigenvalue weighted by Gasteiger charge is 2.28. The molecular formula is C18H25N3O5S. The van der Waals surface area contributed by atoms with Crippen molar-refractivity contribution < 1.29 is 23.9 Å². The van der Waals surface area contributed by atoms with Gasteiger partial charge in [-0.15, -0.1) is 11.8 Å². The summed E-state index contributed by atoms with van der Waals surface area (Å²) in [6.07, 6.45) is -1.17. The Kier molecular flexibility index (Phi) is 8.80. The number of rotatable bonds is 8. The van der Waals surface area contributed by atoms with Gasteiger partial charge in [0.1, 0.15) is 0 Å². The van der Waals surface area contributed by atoms with E-state index >= 15 is 0 Å². The van der Waals surface area contributed by atoms with Gasteiger partial charge in [-0.05, 0) is 31.9 Å². The molecule has 0 fully saturated rings. The minimum absolute atomic E-state index is 0.0221. The van der Waals surface area contributed by atoms with E-state index in [1.165, 1.54) is 11.8 Å². The molecule has 0 aliphatic rings. The summed E-state index contributed by atoms with van der Waals surface area (Å²) in [7, 11) is 0. The van der Waals surface area contributed by atoms with Gasteiger partial charge in [0.15, 0.2) is 6.10 Å². The van der Waals surface area contributed by atoms with Crippen LogP contribution in [0.5, 0.6) is 0 Å². The Bertz CT molecular complexity index is 706. The Morgan fingerprint density at radius 1 is 1.11 bits per heavy atom. The highest BCUT2D eigenvalue weighted by atomic mass is 32.2. The second-order valence-corrected chi connectivity index (χ2v) is 7.45. The number of nitrogens with one attached hydrogen (secondary N) is 2. The number of urea groups is 1. The van der Waals surface area contributed by atoms with Gasteiger partial charge in [-0.1, -0.05) is 26.0 Å². The van der Waals surface area contributed by atoms with Crippen molar-refractivity contribution in [3.63, 3.8) is 0 Å². The van der Waals surface area contributed by atoms with Crippen molar-refractivity contribution in [2.45, 2.75) is 44.7 Å². The Morgan fingerprint density at radius 2 is 1.74 bits per heavy atom. The molecule has 0 saturated heterocycles. The van der Waals surface area contributed by atoms with E-state index in [2.05, 4.69) is 5.32 Å². The Balaban J connectivity index is 2.88. The largest absolute Gasteiger partial charge is 0.448 e. The van der Waals surface area contributed by atoms with Crippen LogP contribution in [0, 0.1) is 5.92 Å². The Labute approximate surface area is 162 Å². The van der Waals surface area contributed by atoms with Crippen LogP contribution < -0.4 is 16.4 Å². The van der Waals surface area contributed by atoms with Gasteiger partial charge in [-0.25, -0.2) is 9.59 Å². The smallest absolute Gasteiger partial charge is 0.340 e. The van der Waals surface area contributed by atoms with Crippen LogP contribution in [-0.2, 0) is 14.3 Å². The number of benzene rings is 1. The van der Waals surface area contributed by atoms with Crippen LogP contribution in [-0.4, -0.2) is 41.7 Å². The first-order valence-electron chi connectivity index (χ1n) is 8.44. The number of ether oxygens (including phenoxy) is 1. The zero-order chi connectivity index (χ0) is 20.6. The summed E-state index contributed by atoms with van der Waals surface area (Å²) < 4.78 is 5.30. The van der Waals surface area contributed by atoms with Crippen LogP contribution in [0.25, 0.3) is 0 Å². The van der Waals surface area contributed by atoms with Crippen LogP contribution in [0.1, 0.15) is 38.1 Å². The van der Waals surface area contributed by atoms with Crippen molar-refractivity contribution in [1.29, 1.82) is 0 Å². The number of hydrogen-bond donors (Lipinski definition) is 3. The average Bonchev–Trinajstić information content (AvgIpc) is 2.56. The van der Waals surface area contributed by atoms with Crippen molar-refractivity contribution in [2.75, 3.05) is 5.75 Å². The molecule has 4 amide bonds. The molecule has 1 rings (SSSR count). The molecule has 0 spiro atoms. The second-order valence-electron chi connectivity index (χ2n) is 6.43. The standard InChI is InChI=1S/C18H25N3O5S/c1-10(2)15(16(23)21-18(19)25)26-17(24)12-7-5-6-8-13(12)27-9-14(22)20-11(3)4/h5-8,10-11,15H,9H2,1-4H3,(H,20,22)(H3,19,21,23,25)/t15-/m1/s1. The number of amides is 4. The second kappa shape index (κ2) is 10.6. The molecule has 0 saturated carbocycles. The number of primary amides is 1. The monoisotopic (exact) mass is 395 g/mol. The molecule has 0 aliphatic heterocycles. The van der Waals surface area contributed by atoms with E-state index in [1.54, 1.807) is 38.1 Å². The maximum atomic E-state index is 12.6. The van der Waals surface area contributed by atoms with Crippen molar-refractivity contribution in [1.82, 2.24) is 10.6 Å². The third-order valence-corrected chi connectivity index (χ3v) is 4.33. The van der Waals surface area contributed by atoms with E-state index < -0.39 is 24.0 Å². The lowest BCUT2D eigenvalue weighted by molar-refractivity contribution is -0.131. The molecule has 27 heavy (non-hydrogen) atoms. The van der Waals surface area contributed by atoms with E-state index in [1.807, 2.05) is 19.2 Å². The first-order chi connectivity index (χ1) is 12.6. The van der Waals surface area contributed by atoms with Gasteiger partial charge < -0.3 is 15.8 Å². The Morgan fingerprint density at radius 3 is 2.30 bits per heavy atom. The van der Waals surface area contributed by atoms with Gasteiger partial charge in [-0.3, -0.25) is 14.9 Å².